The summed E-state index contributed by atoms with van der Waals surface area (Å²) in [5.74, 6) is 1.37. The molecule has 0 radical (unpaired) electrons. The Kier molecular flexibility index (Phi) is 5.95. The minimum atomic E-state index is -2.93. The van der Waals surface area contributed by atoms with Gasteiger partial charge in [-0.3, -0.25) is 0 Å². The fourth-order valence-electron chi connectivity index (χ4n) is 2.74. The van der Waals surface area contributed by atoms with Gasteiger partial charge in [-0.25, -0.2) is 4.52 Å². The molecule has 1 N–H and O–H groups in total. The standard InChI is InChI=1S/C11H21Cl2N2O2P/c12-5-7-15(8-6-13)18(16)14-9-10-3-1-2-4-11(10)17-18/h10-11H,1-9H2,(H,14,16)/t10-,11+,18?/m1/s1. The lowest BCUT2D eigenvalue weighted by Crippen LogP contribution is -2.52. The van der Waals surface area contributed by atoms with E-state index in [0.29, 0.717) is 30.8 Å². The monoisotopic (exact) mass is 314 g/mol. The quantitative estimate of drug-likeness (QED) is 0.622. The summed E-state index contributed by atoms with van der Waals surface area (Å²) in [7, 11) is -2.93. The van der Waals surface area contributed by atoms with Gasteiger partial charge in [-0.05, 0) is 12.8 Å². The zero-order valence-electron chi connectivity index (χ0n) is 10.5. The van der Waals surface area contributed by atoms with Crippen molar-refractivity contribution >= 4 is 31.2 Å². The molecule has 1 saturated carbocycles. The highest BCUT2D eigenvalue weighted by Gasteiger charge is 2.46. The average molecular weight is 315 g/mol. The number of rotatable bonds is 5. The first-order valence-corrected chi connectivity index (χ1v) is 9.25. The lowest BCUT2D eigenvalue weighted by molar-refractivity contribution is -0.222. The molecule has 1 unspecified atom stereocenters. The molecule has 2 aliphatic rings. The van der Waals surface area contributed by atoms with Crippen molar-refractivity contribution in [3.05, 3.63) is 0 Å². The van der Waals surface area contributed by atoms with E-state index in [0.717, 1.165) is 13.0 Å². The van der Waals surface area contributed by atoms with Gasteiger partial charge >= 0.3 is 0 Å². The van der Waals surface area contributed by atoms with E-state index in [1.807, 2.05) is 0 Å². The van der Waals surface area contributed by atoms with Crippen molar-refractivity contribution in [1.82, 2.24) is 9.76 Å². The first kappa shape index (κ1) is 15.2. The number of halogens is 2. The van der Waals surface area contributed by atoms with Crippen molar-refractivity contribution in [3.63, 3.8) is 0 Å². The van der Waals surface area contributed by atoms with Crippen LogP contribution in [0.15, 0.2) is 0 Å². The summed E-state index contributed by atoms with van der Waals surface area (Å²) < 4.78 is 7.67. The molecule has 0 aromatic rings. The normalized spacial score (nSPS) is 36.7. The second-order valence-electron chi connectivity index (χ2n) is 4.90. The number of nitrogens with zero attached hydrogens (tertiary/aromatic N) is 1. The van der Waals surface area contributed by atoms with Crippen LogP contribution in [0, 0.1) is 5.92 Å². The van der Waals surface area contributed by atoms with Gasteiger partial charge in [0, 0.05) is 24.2 Å². The van der Waals surface area contributed by atoms with Crippen LogP contribution in [0.2, 0.25) is 0 Å². The highest BCUT2D eigenvalue weighted by atomic mass is 35.5. The molecule has 18 heavy (non-hydrogen) atoms. The van der Waals surface area contributed by atoms with Crippen LogP contribution in [0.3, 0.4) is 0 Å². The van der Waals surface area contributed by atoms with E-state index >= 15 is 0 Å². The molecule has 1 aliphatic carbocycles. The van der Waals surface area contributed by atoms with E-state index in [9.17, 15) is 4.89 Å². The Morgan fingerprint density at radius 1 is 1.22 bits per heavy atom. The second kappa shape index (κ2) is 7.03. The molecule has 0 bridgehead atoms. The smallest absolute Gasteiger partial charge is 0.250 e. The van der Waals surface area contributed by atoms with Gasteiger partial charge in [-0.15, -0.1) is 27.9 Å². The van der Waals surface area contributed by atoms with E-state index in [1.54, 1.807) is 4.67 Å². The van der Waals surface area contributed by atoms with Crippen molar-refractivity contribution in [2.75, 3.05) is 31.4 Å². The van der Waals surface area contributed by atoms with Gasteiger partial charge in [-0.1, -0.05) is 12.8 Å². The van der Waals surface area contributed by atoms with Crippen LogP contribution in [0.25, 0.3) is 0 Å². The van der Waals surface area contributed by atoms with Crippen LogP contribution in [0.5, 0.6) is 0 Å². The first-order valence-electron chi connectivity index (χ1n) is 6.60. The van der Waals surface area contributed by atoms with E-state index in [1.165, 1.54) is 19.3 Å². The van der Waals surface area contributed by atoms with Crippen LogP contribution < -0.4 is 9.98 Å². The summed E-state index contributed by atoms with van der Waals surface area (Å²) in [6.07, 6.45) is 4.75. The van der Waals surface area contributed by atoms with Crippen LogP contribution in [-0.4, -0.2) is 42.2 Å². The summed E-state index contributed by atoms with van der Waals surface area (Å²) in [6, 6.07) is 0. The molecule has 0 amide bonds. The fourth-order valence-corrected chi connectivity index (χ4v) is 5.62. The third kappa shape index (κ3) is 3.49. The SMILES string of the molecule is [O-][P+]1(N(CCCl)CCCl)NC[C@H]2CCCC[C@@H]2O1. The maximum atomic E-state index is 12.8. The molecule has 7 heteroatoms. The summed E-state index contributed by atoms with van der Waals surface area (Å²) in [5, 5.41) is 3.11. The lowest BCUT2D eigenvalue weighted by atomic mass is 9.87. The molecule has 4 nitrogen and oxygen atoms in total. The third-order valence-corrected chi connectivity index (χ3v) is 6.35. The zero-order chi connectivity index (χ0) is 13.0. The maximum absolute atomic E-state index is 12.8. The Morgan fingerprint density at radius 3 is 2.56 bits per heavy atom. The van der Waals surface area contributed by atoms with Crippen molar-refractivity contribution in [2.45, 2.75) is 31.8 Å². The molecule has 106 valence electrons. The molecule has 2 rings (SSSR count). The summed E-state index contributed by atoms with van der Waals surface area (Å²) >= 11 is 11.5. The number of hydrogen-bond acceptors (Lipinski definition) is 4. The van der Waals surface area contributed by atoms with Crippen LogP contribution in [0.4, 0.5) is 0 Å². The Bertz CT molecular complexity index is 269. The molecule has 0 aromatic carbocycles. The Hall–Kier alpha value is 0.850. The zero-order valence-corrected chi connectivity index (χ0v) is 12.9. The average Bonchev–Trinajstić information content (AvgIpc) is 2.38. The Balaban J connectivity index is 2.00. The van der Waals surface area contributed by atoms with Crippen molar-refractivity contribution in [2.24, 2.45) is 5.92 Å². The van der Waals surface area contributed by atoms with E-state index in [2.05, 4.69) is 5.09 Å². The molecule has 0 aromatic heterocycles. The highest BCUT2D eigenvalue weighted by Crippen LogP contribution is 2.56. The summed E-state index contributed by atoms with van der Waals surface area (Å²) in [5.41, 5.74) is 0. The van der Waals surface area contributed by atoms with Crippen molar-refractivity contribution in [1.29, 1.82) is 0 Å². The molecular formula is C11H21Cl2N2O2P. The lowest BCUT2D eigenvalue weighted by Gasteiger charge is -2.46. The Morgan fingerprint density at radius 2 is 1.89 bits per heavy atom. The van der Waals surface area contributed by atoms with E-state index < -0.39 is 8.02 Å². The number of hydrogen-bond donors (Lipinski definition) is 1. The van der Waals surface area contributed by atoms with Gasteiger partial charge in [0.25, 0.3) is 8.02 Å². The minimum absolute atomic E-state index is 0.138. The number of fused-ring (bicyclic) bond motifs is 1. The van der Waals surface area contributed by atoms with Gasteiger partial charge in [0.15, 0.2) is 0 Å². The summed E-state index contributed by atoms with van der Waals surface area (Å²) in [4.78, 5) is 12.8. The van der Waals surface area contributed by atoms with Crippen LogP contribution in [0.1, 0.15) is 25.7 Å². The molecule has 0 spiro atoms. The second-order valence-corrected chi connectivity index (χ2v) is 7.79. The van der Waals surface area contributed by atoms with Crippen molar-refractivity contribution in [3.8, 4) is 0 Å². The van der Waals surface area contributed by atoms with Crippen LogP contribution >= 0.6 is 31.2 Å². The van der Waals surface area contributed by atoms with Gasteiger partial charge in [0.2, 0.25) is 0 Å². The van der Waals surface area contributed by atoms with Crippen LogP contribution in [-0.2, 0) is 4.52 Å². The van der Waals surface area contributed by atoms with Gasteiger partial charge < -0.3 is 4.89 Å². The summed E-state index contributed by atoms with van der Waals surface area (Å²) in [6.45, 7) is 1.86. The molecule has 3 atom stereocenters. The fraction of sp³-hybridized carbons (Fsp3) is 1.00. The topological polar surface area (TPSA) is 47.6 Å². The highest BCUT2D eigenvalue weighted by molar-refractivity contribution is 7.59. The molecule has 1 heterocycles. The Labute approximate surface area is 120 Å². The van der Waals surface area contributed by atoms with E-state index in [4.69, 9.17) is 27.7 Å². The molecular weight excluding hydrogens is 294 g/mol. The number of nitrogens with one attached hydrogen (secondary N) is 1. The number of alkyl halides is 2. The van der Waals surface area contributed by atoms with Crippen molar-refractivity contribution < 1.29 is 9.42 Å². The van der Waals surface area contributed by atoms with Gasteiger partial charge in [0.1, 0.15) is 6.10 Å². The third-order valence-electron chi connectivity index (χ3n) is 3.73. The van der Waals surface area contributed by atoms with E-state index in [-0.39, 0.29) is 6.10 Å². The molecule has 2 fully saturated rings. The van der Waals surface area contributed by atoms with Gasteiger partial charge in [-0.2, -0.15) is 5.09 Å². The predicted molar refractivity (Wildman–Crippen MR) is 74.8 cm³/mol. The maximum Gasteiger partial charge on any atom is 0.250 e. The molecule has 1 saturated heterocycles. The van der Waals surface area contributed by atoms with Gasteiger partial charge in [0.05, 0.1) is 13.1 Å². The predicted octanol–water partition coefficient (Wildman–Crippen LogP) is 1.98. The largest absolute Gasteiger partial charge is 0.626 e. The first-order chi connectivity index (χ1) is 8.69. The molecule has 1 aliphatic heterocycles. The minimum Gasteiger partial charge on any atom is -0.626 e.